The van der Waals surface area contributed by atoms with Crippen LogP contribution in [-0.4, -0.2) is 70.5 Å². The number of nitrogens with two attached hydrogens (primary N) is 1. The molecule has 4 N–H and O–H groups in total. The summed E-state index contributed by atoms with van der Waals surface area (Å²) in [6, 6.07) is 13.4. The van der Waals surface area contributed by atoms with Gasteiger partial charge < -0.3 is 20.9 Å². The van der Waals surface area contributed by atoms with Crippen LogP contribution in [0.3, 0.4) is 0 Å². The number of nitrogens with one attached hydrogen (secondary N) is 1. The first kappa shape index (κ1) is 37.5. The molecular formula is C27H33ClI3N2NaO5. The van der Waals surface area contributed by atoms with Crippen molar-refractivity contribution in [2.24, 2.45) is 11.7 Å². The Kier molecular flexibility index (Phi) is 18.8. The number of aliphatic carboxylic acids is 1. The van der Waals surface area contributed by atoms with Gasteiger partial charge in [0.05, 0.1) is 18.4 Å². The standard InChI is InChI=1S/C27H32ClI3N2O5.Na.H/c1-2-18(27(36)37)22(23-19(30)13-17(29)14-20(23)31)21(34)11-7-4-8-12-33-26(35)24(28)25(32)38-15-16-9-5-3-6-10-16;;/h3,5-6,9-10,13-14,18,22,24-25H,2,4,7-8,11-12,15,32H2,1H3,(H,33,35)(H,36,37);;. The van der Waals surface area contributed by atoms with Crippen LogP contribution in [0.4, 0.5) is 0 Å². The van der Waals surface area contributed by atoms with Gasteiger partial charge >= 0.3 is 35.5 Å². The minimum atomic E-state index is -1.03. The van der Waals surface area contributed by atoms with E-state index in [9.17, 15) is 19.5 Å². The molecule has 0 aromatic heterocycles. The Bertz CT molecular complexity index is 1070. The Labute approximate surface area is 298 Å². The number of alkyl halides is 1. The first-order valence-electron chi connectivity index (χ1n) is 12.3. The summed E-state index contributed by atoms with van der Waals surface area (Å²) in [6.07, 6.45) is 1.65. The number of benzene rings is 2. The quantitative estimate of drug-likeness (QED) is 0.0684. The first-order valence-corrected chi connectivity index (χ1v) is 16.0. The van der Waals surface area contributed by atoms with E-state index in [-0.39, 0.29) is 48.4 Å². The normalized spacial score (nSPS) is 14.0. The van der Waals surface area contributed by atoms with Crippen LogP contribution in [0.1, 0.15) is 56.1 Å². The van der Waals surface area contributed by atoms with Gasteiger partial charge in [-0.15, -0.1) is 11.6 Å². The summed E-state index contributed by atoms with van der Waals surface area (Å²) < 4.78 is 8.36. The number of hydrogen-bond donors (Lipinski definition) is 3. The number of rotatable bonds is 16. The molecule has 39 heavy (non-hydrogen) atoms. The van der Waals surface area contributed by atoms with Crippen molar-refractivity contribution >= 4 is 127 Å². The topological polar surface area (TPSA) is 119 Å². The monoisotopic (exact) mass is 904 g/mol. The second-order valence-corrected chi connectivity index (χ2v) is 12.9. The van der Waals surface area contributed by atoms with E-state index in [1.54, 1.807) is 6.92 Å². The molecule has 0 bridgehead atoms. The first-order chi connectivity index (χ1) is 18.1. The van der Waals surface area contributed by atoms with Crippen LogP contribution in [0.5, 0.6) is 0 Å². The zero-order valence-electron chi connectivity index (χ0n) is 21.0. The van der Waals surface area contributed by atoms with E-state index in [1.165, 1.54) is 0 Å². The number of unbranched alkanes of at least 4 members (excludes halogenated alkanes) is 2. The van der Waals surface area contributed by atoms with Crippen molar-refractivity contribution in [1.29, 1.82) is 0 Å². The third-order valence-corrected chi connectivity index (χ3v) is 8.94. The second kappa shape index (κ2) is 19.6. The van der Waals surface area contributed by atoms with E-state index in [2.05, 4.69) is 73.1 Å². The van der Waals surface area contributed by atoms with E-state index in [0.717, 1.165) is 21.8 Å². The fraction of sp³-hybridized carbons (Fsp3) is 0.444. The summed E-state index contributed by atoms with van der Waals surface area (Å²) in [5.74, 6) is -2.90. The number of hydrogen-bond acceptors (Lipinski definition) is 5. The maximum absolute atomic E-state index is 13.3. The Morgan fingerprint density at radius 3 is 2.23 bits per heavy atom. The molecule has 0 heterocycles. The third-order valence-electron chi connectivity index (χ3n) is 6.08. The molecule has 0 aliphatic carbocycles. The van der Waals surface area contributed by atoms with Gasteiger partial charge in [0.25, 0.3) is 0 Å². The van der Waals surface area contributed by atoms with Crippen molar-refractivity contribution in [1.82, 2.24) is 5.32 Å². The van der Waals surface area contributed by atoms with Crippen molar-refractivity contribution in [2.45, 2.75) is 63.2 Å². The molecule has 4 unspecified atom stereocenters. The van der Waals surface area contributed by atoms with Crippen molar-refractivity contribution in [3.05, 3.63) is 64.3 Å². The molecule has 2 aromatic carbocycles. The molecule has 0 aliphatic rings. The molecule has 1 amide bonds. The number of ketones is 1. The van der Waals surface area contributed by atoms with Gasteiger partial charge in [0.15, 0.2) is 5.38 Å². The Morgan fingerprint density at radius 2 is 1.67 bits per heavy atom. The van der Waals surface area contributed by atoms with Gasteiger partial charge in [-0.1, -0.05) is 43.7 Å². The molecule has 4 atom stereocenters. The summed E-state index contributed by atoms with van der Waals surface area (Å²) in [5, 5.41) is 11.6. The van der Waals surface area contributed by atoms with Gasteiger partial charge in [-0.05, 0) is 110 Å². The summed E-state index contributed by atoms with van der Waals surface area (Å²) in [5.41, 5.74) is 7.66. The zero-order chi connectivity index (χ0) is 28.2. The number of halogens is 4. The molecular weight excluding hydrogens is 871 g/mol. The average molecular weight is 905 g/mol. The van der Waals surface area contributed by atoms with Crippen molar-refractivity contribution in [3.8, 4) is 0 Å². The molecule has 0 aliphatic heterocycles. The van der Waals surface area contributed by atoms with Crippen LogP contribution >= 0.6 is 79.4 Å². The van der Waals surface area contributed by atoms with Crippen molar-refractivity contribution < 1.29 is 24.2 Å². The van der Waals surface area contributed by atoms with Crippen LogP contribution in [0.25, 0.3) is 0 Å². The summed E-state index contributed by atoms with van der Waals surface area (Å²) in [6.45, 7) is 2.45. The number of carbonyl (C=O) groups excluding carboxylic acids is 2. The molecule has 12 heteroatoms. The van der Waals surface area contributed by atoms with E-state index in [0.29, 0.717) is 32.2 Å². The number of Topliss-reactive ketones (excluding diaryl/α,β-unsaturated/α-hetero) is 1. The van der Waals surface area contributed by atoms with Gasteiger partial charge in [0, 0.05) is 23.7 Å². The maximum atomic E-state index is 13.3. The van der Waals surface area contributed by atoms with Gasteiger partial charge in [-0.3, -0.25) is 14.4 Å². The predicted octanol–water partition coefficient (Wildman–Crippen LogP) is 5.40. The molecule has 210 valence electrons. The molecule has 0 fully saturated rings. The van der Waals surface area contributed by atoms with Crippen LogP contribution < -0.4 is 11.1 Å². The van der Waals surface area contributed by atoms with Gasteiger partial charge in [-0.25, -0.2) is 0 Å². The number of carbonyl (C=O) groups is 3. The third kappa shape index (κ3) is 12.3. The molecule has 0 radical (unpaired) electrons. The van der Waals surface area contributed by atoms with Gasteiger partial charge in [0.1, 0.15) is 12.0 Å². The number of ether oxygens (including phenoxy) is 1. The van der Waals surface area contributed by atoms with Crippen LogP contribution in [0.15, 0.2) is 42.5 Å². The van der Waals surface area contributed by atoms with Crippen LogP contribution in [0, 0.1) is 16.6 Å². The number of amides is 1. The van der Waals surface area contributed by atoms with Crippen molar-refractivity contribution in [3.63, 3.8) is 0 Å². The molecule has 2 aromatic rings. The molecule has 7 nitrogen and oxygen atoms in total. The molecule has 0 spiro atoms. The predicted molar refractivity (Wildman–Crippen MR) is 181 cm³/mol. The van der Waals surface area contributed by atoms with E-state index < -0.39 is 35.3 Å². The average Bonchev–Trinajstić information content (AvgIpc) is 2.87. The van der Waals surface area contributed by atoms with Crippen LogP contribution in [0.2, 0.25) is 0 Å². The van der Waals surface area contributed by atoms with Gasteiger partial charge in [0.2, 0.25) is 5.91 Å². The fourth-order valence-corrected chi connectivity index (χ4v) is 8.46. The Balaban J connectivity index is 0.00000760. The molecule has 0 saturated carbocycles. The number of carboxylic acid groups (broad SMARTS) is 1. The second-order valence-electron chi connectivity index (χ2n) is 8.84. The van der Waals surface area contributed by atoms with Crippen LogP contribution in [-0.2, 0) is 25.7 Å². The van der Waals surface area contributed by atoms with E-state index >= 15 is 0 Å². The Hall–Kier alpha value is 0.450. The van der Waals surface area contributed by atoms with E-state index in [4.69, 9.17) is 22.1 Å². The summed E-state index contributed by atoms with van der Waals surface area (Å²) >= 11 is 12.8. The summed E-state index contributed by atoms with van der Waals surface area (Å²) in [4.78, 5) is 37.7. The van der Waals surface area contributed by atoms with Gasteiger partial charge in [-0.2, -0.15) is 0 Å². The zero-order valence-corrected chi connectivity index (χ0v) is 28.2. The van der Waals surface area contributed by atoms with Crippen molar-refractivity contribution in [2.75, 3.05) is 6.54 Å². The SMILES string of the molecule is CCC(C(=O)O)C(C(=O)CCCCCNC(=O)C(Cl)C(N)OCc1ccccc1)c1c(I)cc(I)cc1I.[NaH]. The fourth-order valence-electron chi connectivity index (χ4n) is 4.06. The Morgan fingerprint density at radius 1 is 1.05 bits per heavy atom. The number of carboxylic acids is 1. The molecule has 0 saturated heterocycles. The van der Waals surface area contributed by atoms with E-state index in [1.807, 2.05) is 42.5 Å². The summed E-state index contributed by atoms with van der Waals surface area (Å²) in [7, 11) is 0. The molecule has 2 rings (SSSR count). The minimum absolute atomic E-state index is 0.